The molecule has 0 fully saturated rings. The Hall–Kier alpha value is -2.24. The average molecular weight is 254 g/mol. The predicted molar refractivity (Wildman–Crippen MR) is 62.3 cm³/mol. The average Bonchev–Trinajstić information content (AvgIpc) is 2.34. The summed E-state index contributed by atoms with van der Waals surface area (Å²) in [5, 5.41) is 17.3. The molecule has 1 rings (SSSR count). The summed E-state index contributed by atoms with van der Waals surface area (Å²) in [6.45, 7) is 0.231. The van der Waals surface area contributed by atoms with Crippen molar-refractivity contribution in [1.29, 1.82) is 0 Å². The first-order valence-electron chi connectivity index (χ1n) is 5.30. The number of methoxy groups -OCH3 is 1. The second-order valence-corrected chi connectivity index (χ2v) is 3.52. The zero-order valence-corrected chi connectivity index (χ0v) is 9.88. The molecule has 0 aliphatic carbocycles. The van der Waals surface area contributed by atoms with Crippen molar-refractivity contribution < 1.29 is 29.3 Å². The van der Waals surface area contributed by atoms with E-state index in [9.17, 15) is 9.59 Å². The quantitative estimate of drug-likeness (QED) is 0.718. The van der Waals surface area contributed by atoms with Gasteiger partial charge in [0.15, 0.2) is 11.5 Å². The van der Waals surface area contributed by atoms with Crippen LogP contribution in [0.4, 0.5) is 0 Å². The van der Waals surface area contributed by atoms with E-state index < -0.39 is 11.9 Å². The summed E-state index contributed by atoms with van der Waals surface area (Å²) in [6.07, 6.45) is 0.398. The van der Waals surface area contributed by atoms with Crippen LogP contribution in [-0.2, 0) is 4.79 Å². The zero-order valence-electron chi connectivity index (χ0n) is 9.88. The van der Waals surface area contributed by atoms with Crippen LogP contribution in [0.25, 0.3) is 0 Å². The maximum absolute atomic E-state index is 10.8. The number of benzene rings is 1. The number of carbonyl (C=O) groups is 2. The Morgan fingerprint density at radius 2 is 1.94 bits per heavy atom. The number of hydrogen-bond acceptors (Lipinski definition) is 4. The van der Waals surface area contributed by atoms with Gasteiger partial charge in [0.2, 0.25) is 0 Å². The molecule has 1 aromatic rings. The highest BCUT2D eigenvalue weighted by Gasteiger charge is 2.10. The second-order valence-electron chi connectivity index (χ2n) is 3.52. The molecule has 0 atom stereocenters. The molecule has 0 radical (unpaired) electrons. The van der Waals surface area contributed by atoms with Gasteiger partial charge in [0.05, 0.1) is 19.3 Å². The smallest absolute Gasteiger partial charge is 0.335 e. The first kappa shape index (κ1) is 13.8. The molecule has 98 valence electrons. The lowest BCUT2D eigenvalue weighted by molar-refractivity contribution is -0.137. The van der Waals surface area contributed by atoms with Gasteiger partial charge in [-0.1, -0.05) is 0 Å². The van der Waals surface area contributed by atoms with Gasteiger partial charge in [0.1, 0.15) is 0 Å². The molecule has 0 aliphatic rings. The second kappa shape index (κ2) is 6.48. The number of aromatic carboxylic acids is 1. The number of ether oxygens (including phenoxy) is 2. The first-order chi connectivity index (χ1) is 8.54. The molecule has 1 aromatic carbocycles. The fourth-order valence-corrected chi connectivity index (χ4v) is 1.33. The molecule has 0 aromatic heterocycles. The summed E-state index contributed by atoms with van der Waals surface area (Å²) >= 11 is 0. The molecule has 6 nitrogen and oxygen atoms in total. The molecule has 0 amide bonds. The van der Waals surface area contributed by atoms with Gasteiger partial charge < -0.3 is 19.7 Å². The van der Waals surface area contributed by atoms with Crippen LogP contribution < -0.4 is 9.47 Å². The minimum atomic E-state index is -1.05. The molecule has 0 unspecified atom stereocenters. The van der Waals surface area contributed by atoms with Crippen molar-refractivity contribution in [2.75, 3.05) is 13.7 Å². The van der Waals surface area contributed by atoms with E-state index >= 15 is 0 Å². The van der Waals surface area contributed by atoms with Crippen LogP contribution in [0, 0.1) is 0 Å². The molecule has 0 heterocycles. The topological polar surface area (TPSA) is 93.1 Å². The highest BCUT2D eigenvalue weighted by molar-refractivity contribution is 5.88. The molecule has 6 heteroatoms. The van der Waals surface area contributed by atoms with Crippen LogP contribution in [0.3, 0.4) is 0 Å². The maximum atomic E-state index is 10.8. The minimum absolute atomic E-state index is 0.0233. The van der Waals surface area contributed by atoms with Crippen molar-refractivity contribution in [3.63, 3.8) is 0 Å². The van der Waals surface area contributed by atoms with Gasteiger partial charge in [-0.3, -0.25) is 4.79 Å². The number of hydrogen-bond donors (Lipinski definition) is 2. The monoisotopic (exact) mass is 254 g/mol. The van der Waals surface area contributed by atoms with Crippen LogP contribution in [0.15, 0.2) is 18.2 Å². The molecular weight excluding hydrogens is 240 g/mol. The lowest BCUT2D eigenvalue weighted by Crippen LogP contribution is -2.04. The molecular formula is C12H14O6. The summed E-state index contributed by atoms with van der Waals surface area (Å²) in [5.74, 6) is -1.23. The third kappa shape index (κ3) is 3.97. The van der Waals surface area contributed by atoms with E-state index in [1.54, 1.807) is 0 Å². The Bertz CT molecular complexity index is 440. The van der Waals surface area contributed by atoms with E-state index in [4.69, 9.17) is 19.7 Å². The predicted octanol–water partition coefficient (Wildman–Crippen LogP) is 1.64. The van der Waals surface area contributed by atoms with Crippen molar-refractivity contribution in [3.8, 4) is 11.5 Å². The SMILES string of the molecule is COc1cc(C(=O)O)ccc1OCCCC(=O)O. The fraction of sp³-hybridized carbons (Fsp3) is 0.333. The number of aliphatic carboxylic acids is 1. The van der Waals surface area contributed by atoms with E-state index in [1.165, 1.54) is 25.3 Å². The Morgan fingerprint density at radius 1 is 1.22 bits per heavy atom. The Labute approximate surface area is 104 Å². The summed E-state index contributed by atoms with van der Waals surface area (Å²) in [4.78, 5) is 21.1. The van der Waals surface area contributed by atoms with Gasteiger partial charge in [-0.05, 0) is 24.6 Å². The minimum Gasteiger partial charge on any atom is -0.493 e. The number of rotatable bonds is 7. The molecule has 0 saturated heterocycles. The van der Waals surface area contributed by atoms with Crippen LogP contribution in [0.2, 0.25) is 0 Å². The van der Waals surface area contributed by atoms with Crippen LogP contribution >= 0.6 is 0 Å². The fourth-order valence-electron chi connectivity index (χ4n) is 1.33. The normalized spacial score (nSPS) is 9.83. The van der Waals surface area contributed by atoms with E-state index in [1.807, 2.05) is 0 Å². The van der Waals surface area contributed by atoms with Crippen molar-refractivity contribution in [1.82, 2.24) is 0 Å². The lowest BCUT2D eigenvalue weighted by Gasteiger charge is -2.10. The van der Waals surface area contributed by atoms with Crippen molar-refractivity contribution in [3.05, 3.63) is 23.8 Å². The largest absolute Gasteiger partial charge is 0.493 e. The maximum Gasteiger partial charge on any atom is 0.335 e. The van der Waals surface area contributed by atoms with Gasteiger partial charge in [-0.15, -0.1) is 0 Å². The summed E-state index contributed by atoms with van der Waals surface area (Å²) in [7, 11) is 1.41. The first-order valence-corrected chi connectivity index (χ1v) is 5.30. The molecule has 0 aliphatic heterocycles. The molecule has 0 saturated carbocycles. The standard InChI is InChI=1S/C12H14O6/c1-17-10-7-8(12(15)16)4-5-9(10)18-6-2-3-11(13)14/h4-5,7H,2-3,6H2,1H3,(H,13,14)(H,15,16). The summed E-state index contributed by atoms with van der Waals surface area (Å²) in [5.41, 5.74) is 0.102. The van der Waals surface area contributed by atoms with E-state index in [2.05, 4.69) is 0 Å². The third-order valence-electron chi connectivity index (χ3n) is 2.20. The van der Waals surface area contributed by atoms with E-state index in [0.717, 1.165) is 0 Å². The Morgan fingerprint density at radius 3 is 2.50 bits per heavy atom. The van der Waals surface area contributed by atoms with E-state index in [0.29, 0.717) is 17.9 Å². The third-order valence-corrected chi connectivity index (χ3v) is 2.20. The van der Waals surface area contributed by atoms with Gasteiger partial charge in [-0.25, -0.2) is 4.79 Å². The van der Waals surface area contributed by atoms with E-state index in [-0.39, 0.29) is 18.6 Å². The molecule has 0 bridgehead atoms. The van der Waals surface area contributed by atoms with Crippen molar-refractivity contribution in [2.24, 2.45) is 0 Å². The summed E-state index contributed by atoms with van der Waals surface area (Å²) < 4.78 is 10.3. The molecule has 0 spiro atoms. The van der Waals surface area contributed by atoms with Crippen LogP contribution in [-0.4, -0.2) is 35.9 Å². The van der Waals surface area contributed by atoms with Gasteiger partial charge in [0.25, 0.3) is 0 Å². The number of carboxylic acid groups (broad SMARTS) is 2. The van der Waals surface area contributed by atoms with Crippen molar-refractivity contribution in [2.45, 2.75) is 12.8 Å². The zero-order chi connectivity index (χ0) is 13.5. The Kier molecular flexibility index (Phi) is 4.98. The highest BCUT2D eigenvalue weighted by Crippen LogP contribution is 2.28. The van der Waals surface area contributed by atoms with Gasteiger partial charge in [0, 0.05) is 6.42 Å². The van der Waals surface area contributed by atoms with Gasteiger partial charge in [-0.2, -0.15) is 0 Å². The van der Waals surface area contributed by atoms with Crippen LogP contribution in [0.5, 0.6) is 11.5 Å². The van der Waals surface area contributed by atoms with Crippen LogP contribution in [0.1, 0.15) is 23.2 Å². The Balaban J connectivity index is 2.65. The lowest BCUT2D eigenvalue weighted by atomic mass is 10.2. The molecule has 18 heavy (non-hydrogen) atoms. The highest BCUT2D eigenvalue weighted by atomic mass is 16.5. The van der Waals surface area contributed by atoms with Crippen molar-refractivity contribution >= 4 is 11.9 Å². The summed E-state index contributed by atoms with van der Waals surface area (Å²) in [6, 6.07) is 4.25. The number of carboxylic acids is 2. The van der Waals surface area contributed by atoms with Gasteiger partial charge >= 0.3 is 11.9 Å². The molecule has 2 N–H and O–H groups in total.